The number of nitrogen functional groups attached to an aromatic ring is 1. The van der Waals surface area contributed by atoms with Gasteiger partial charge < -0.3 is 10.5 Å². The molecule has 0 bridgehead atoms. The third-order valence-electron chi connectivity index (χ3n) is 2.38. The molecular formula is C14H11BrN2O. The van der Waals surface area contributed by atoms with Gasteiger partial charge >= 0.3 is 0 Å². The third-order valence-corrected chi connectivity index (χ3v) is 2.84. The number of hydrogen-bond donors (Lipinski definition) is 1. The normalized spacial score (nSPS) is 9.83. The number of rotatable bonds is 2. The molecule has 0 aliphatic heterocycles. The zero-order valence-corrected chi connectivity index (χ0v) is 11.4. The average molecular weight is 303 g/mol. The van der Waals surface area contributed by atoms with Gasteiger partial charge in [-0.2, -0.15) is 5.26 Å². The van der Waals surface area contributed by atoms with Crippen molar-refractivity contribution in [2.75, 3.05) is 5.73 Å². The largest absolute Gasteiger partial charge is 0.456 e. The quantitative estimate of drug-likeness (QED) is 0.853. The summed E-state index contributed by atoms with van der Waals surface area (Å²) in [6.45, 7) is 1.95. The molecule has 3 nitrogen and oxygen atoms in total. The second-order valence-corrected chi connectivity index (χ2v) is 4.85. The van der Waals surface area contributed by atoms with Crippen LogP contribution in [0, 0.1) is 18.3 Å². The van der Waals surface area contributed by atoms with Crippen LogP contribution in [-0.4, -0.2) is 0 Å². The van der Waals surface area contributed by atoms with Crippen LogP contribution in [0.5, 0.6) is 11.5 Å². The molecule has 0 saturated carbocycles. The molecular weight excluding hydrogens is 292 g/mol. The number of nitrogens with zero attached hydrogens (tertiary/aromatic N) is 1. The first-order chi connectivity index (χ1) is 8.58. The third kappa shape index (κ3) is 2.82. The summed E-state index contributed by atoms with van der Waals surface area (Å²) in [5.74, 6) is 1.14. The van der Waals surface area contributed by atoms with Gasteiger partial charge in [-0.3, -0.25) is 0 Å². The average Bonchev–Trinajstić information content (AvgIpc) is 2.27. The van der Waals surface area contributed by atoms with E-state index in [4.69, 9.17) is 15.7 Å². The van der Waals surface area contributed by atoms with Crippen LogP contribution in [0.4, 0.5) is 5.69 Å². The molecule has 0 aromatic heterocycles. The van der Waals surface area contributed by atoms with Crippen molar-refractivity contribution in [1.29, 1.82) is 5.26 Å². The molecule has 90 valence electrons. The van der Waals surface area contributed by atoms with Crippen molar-refractivity contribution in [2.45, 2.75) is 6.92 Å². The van der Waals surface area contributed by atoms with E-state index < -0.39 is 0 Å². The molecule has 2 N–H and O–H groups in total. The molecule has 0 atom stereocenters. The van der Waals surface area contributed by atoms with E-state index in [1.165, 1.54) is 0 Å². The van der Waals surface area contributed by atoms with Gasteiger partial charge in [0.2, 0.25) is 0 Å². The Hall–Kier alpha value is -1.99. The van der Waals surface area contributed by atoms with Gasteiger partial charge in [-0.15, -0.1) is 0 Å². The second kappa shape index (κ2) is 5.11. The molecule has 18 heavy (non-hydrogen) atoms. The Kier molecular flexibility index (Phi) is 3.54. The van der Waals surface area contributed by atoms with E-state index in [-0.39, 0.29) is 0 Å². The van der Waals surface area contributed by atoms with E-state index in [1.54, 1.807) is 24.3 Å². The maximum absolute atomic E-state index is 9.03. The Bertz CT molecular complexity index is 612. The Labute approximate surface area is 114 Å². The monoisotopic (exact) mass is 302 g/mol. The van der Waals surface area contributed by atoms with E-state index in [2.05, 4.69) is 22.0 Å². The lowest BCUT2D eigenvalue weighted by Gasteiger charge is -2.09. The standard InChI is InChI=1S/C14H11BrN2O/c1-9-2-3-10(8-16)14(4-9)18-13-6-11(15)5-12(17)7-13/h2-7H,17H2,1H3. The predicted octanol–water partition coefficient (Wildman–Crippen LogP) is 4.00. The SMILES string of the molecule is Cc1ccc(C#N)c(Oc2cc(N)cc(Br)c2)c1. The zero-order chi connectivity index (χ0) is 13.1. The van der Waals surface area contributed by atoms with Crippen molar-refractivity contribution < 1.29 is 4.74 Å². The van der Waals surface area contributed by atoms with Gasteiger partial charge in [-0.25, -0.2) is 0 Å². The van der Waals surface area contributed by atoms with Gasteiger partial charge in [0.15, 0.2) is 0 Å². The molecule has 0 aliphatic rings. The molecule has 0 fully saturated rings. The van der Waals surface area contributed by atoms with E-state index in [0.29, 0.717) is 22.7 Å². The van der Waals surface area contributed by atoms with Crippen LogP contribution in [0.3, 0.4) is 0 Å². The van der Waals surface area contributed by atoms with Crippen molar-refractivity contribution >= 4 is 21.6 Å². The Morgan fingerprint density at radius 1 is 1.22 bits per heavy atom. The Balaban J connectivity index is 2.39. The van der Waals surface area contributed by atoms with Crippen LogP contribution in [0.2, 0.25) is 0 Å². The second-order valence-electron chi connectivity index (χ2n) is 3.93. The van der Waals surface area contributed by atoms with Gasteiger partial charge in [0.1, 0.15) is 17.6 Å². The predicted molar refractivity (Wildman–Crippen MR) is 74.5 cm³/mol. The number of halogens is 1. The first-order valence-corrected chi connectivity index (χ1v) is 6.12. The van der Waals surface area contributed by atoms with Crippen LogP contribution in [0.1, 0.15) is 11.1 Å². The lowest BCUT2D eigenvalue weighted by atomic mass is 10.1. The van der Waals surface area contributed by atoms with Crippen molar-refractivity contribution in [1.82, 2.24) is 0 Å². The Morgan fingerprint density at radius 2 is 2.00 bits per heavy atom. The zero-order valence-electron chi connectivity index (χ0n) is 9.77. The van der Waals surface area contributed by atoms with Gasteiger partial charge in [0.25, 0.3) is 0 Å². The summed E-state index contributed by atoms with van der Waals surface area (Å²) in [6, 6.07) is 12.9. The highest BCUT2D eigenvalue weighted by atomic mass is 79.9. The number of aryl methyl sites for hydroxylation is 1. The van der Waals surface area contributed by atoms with E-state index in [1.807, 2.05) is 19.1 Å². The number of nitrogens with two attached hydrogens (primary N) is 1. The highest BCUT2D eigenvalue weighted by molar-refractivity contribution is 9.10. The van der Waals surface area contributed by atoms with Crippen molar-refractivity contribution in [2.24, 2.45) is 0 Å². The number of nitriles is 1. The van der Waals surface area contributed by atoms with Crippen molar-refractivity contribution in [3.05, 3.63) is 52.0 Å². The summed E-state index contributed by atoms with van der Waals surface area (Å²) >= 11 is 3.35. The fourth-order valence-corrected chi connectivity index (χ4v) is 2.07. The molecule has 2 rings (SSSR count). The van der Waals surface area contributed by atoms with Crippen molar-refractivity contribution in [3.63, 3.8) is 0 Å². The van der Waals surface area contributed by atoms with E-state index in [0.717, 1.165) is 10.0 Å². The molecule has 0 aliphatic carbocycles. The van der Waals surface area contributed by atoms with Gasteiger partial charge in [0.05, 0.1) is 5.56 Å². The molecule has 0 unspecified atom stereocenters. The fourth-order valence-electron chi connectivity index (χ4n) is 1.58. The van der Waals surface area contributed by atoms with Gasteiger partial charge in [-0.1, -0.05) is 22.0 Å². The molecule has 0 heterocycles. The van der Waals surface area contributed by atoms with Crippen LogP contribution < -0.4 is 10.5 Å². The number of hydrogen-bond acceptors (Lipinski definition) is 3. The summed E-state index contributed by atoms with van der Waals surface area (Å²) in [5, 5.41) is 9.03. The summed E-state index contributed by atoms with van der Waals surface area (Å²) in [5.41, 5.74) is 7.87. The van der Waals surface area contributed by atoms with Crippen LogP contribution in [-0.2, 0) is 0 Å². The fraction of sp³-hybridized carbons (Fsp3) is 0.0714. The lowest BCUT2D eigenvalue weighted by Crippen LogP contribution is -1.91. The summed E-state index contributed by atoms with van der Waals surface area (Å²) in [7, 11) is 0. The van der Waals surface area contributed by atoms with Crippen LogP contribution >= 0.6 is 15.9 Å². The minimum absolute atomic E-state index is 0.499. The Morgan fingerprint density at radius 3 is 2.67 bits per heavy atom. The first kappa shape index (κ1) is 12.5. The minimum Gasteiger partial charge on any atom is -0.456 e. The minimum atomic E-state index is 0.499. The molecule has 2 aromatic rings. The molecule has 4 heteroatoms. The first-order valence-electron chi connectivity index (χ1n) is 5.33. The van der Waals surface area contributed by atoms with Gasteiger partial charge in [0, 0.05) is 16.2 Å². The summed E-state index contributed by atoms with van der Waals surface area (Å²) in [6.07, 6.45) is 0. The molecule has 0 saturated heterocycles. The van der Waals surface area contributed by atoms with Crippen LogP contribution in [0.25, 0.3) is 0 Å². The highest BCUT2D eigenvalue weighted by Gasteiger charge is 2.06. The number of anilines is 1. The lowest BCUT2D eigenvalue weighted by molar-refractivity contribution is 0.480. The molecule has 0 amide bonds. The summed E-state index contributed by atoms with van der Waals surface area (Å²) < 4.78 is 6.55. The summed E-state index contributed by atoms with van der Waals surface area (Å²) in [4.78, 5) is 0. The van der Waals surface area contributed by atoms with Crippen LogP contribution in [0.15, 0.2) is 40.9 Å². The van der Waals surface area contributed by atoms with E-state index >= 15 is 0 Å². The molecule has 2 aromatic carbocycles. The number of benzene rings is 2. The molecule has 0 radical (unpaired) electrons. The van der Waals surface area contributed by atoms with Gasteiger partial charge in [-0.05, 0) is 36.8 Å². The number of ether oxygens (including phenoxy) is 1. The highest BCUT2D eigenvalue weighted by Crippen LogP contribution is 2.29. The topological polar surface area (TPSA) is 59.0 Å². The maximum atomic E-state index is 9.03. The van der Waals surface area contributed by atoms with E-state index in [9.17, 15) is 0 Å². The molecule has 0 spiro atoms. The maximum Gasteiger partial charge on any atom is 0.145 e. The van der Waals surface area contributed by atoms with Crippen molar-refractivity contribution in [3.8, 4) is 17.6 Å². The smallest absolute Gasteiger partial charge is 0.145 e.